The predicted molar refractivity (Wildman–Crippen MR) is 92.4 cm³/mol. The van der Waals surface area contributed by atoms with Crippen molar-refractivity contribution < 1.29 is 14.3 Å². The van der Waals surface area contributed by atoms with E-state index in [9.17, 15) is 9.59 Å². The van der Waals surface area contributed by atoms with Crippen LogP contribution in [0.25, 0.3) is 0 Å². The third kappa shape index (κ3) is 3.26. The Morgan fingerprint density at radius 1 is 1.21 bits per heavy atom. The normalized spacial score (nSPS) is 15.1. The molecule has 1 heterocycles. The Balaban J connectivity index is 1.69. The van der Waals surface area contributed by atoms with Gasteiger partial charge in [-0.25, -0.2) is 0 Å². The summed E-state index contributed by atoms with van der Waals surface area (Å²) in [7, 11) is 0. The van der Waals surface area contributed by atoms with Crippen molar-refractivity contribution >= 4 is 29.1 Å². The molecule has 2 amide bonds. The fraction of sp³-hybridized carbons (Fsp3) is 0.111. The highest BCUT2D eigenvalue weighted by Gasteiger charge is 2.27. The smallest absolute Gasteiger partial charge is 0.251 e. The zero-order valence-corrected chi connectivity index (χ0v) is 13.5. The second kappa shape index (κ2) is 6.76. The Kier molecular flexibility index (Phi) is 4.53. The first kappa shape index (κ1) is 16.1. The lowest BCUT2D eigenvalue weighted by atomic mass is 10.1. The average Bonchev–Trinajstić information content (AvgIpc) is 3.00. The lowest BCUT2D eigenvalue weighted by Gasteiger charge is -2.12. The fourth-order valence-corrected chi connectivity index (χ4v) is 2.70. The highest BCUT2D eigenvalue weighted by molar-refractivity contribution is 6.32. The minimum Gasteiger partial charge on any atom is -0.489 e. The van der Waals surface area contributed by atoms with Gasteiger partial charge >= 0.3 is 0 Å². The maximum Gasteiger partial charge on any atom is 0.251 e. The summed E-state index contributed by atoms with van der Waals surface area (Å²) < 4.78 is 5.55. The number of anilines is 1. The van der Waals surface area contributed by atoms with Crippen LogP contribution in [0.5, 0.6) is 5.75 Å². The number of fused-ring (bicyclic) bond motifs is 1. The van der Waals surface area contributed by atoms with Crippen molar-refractivity contribution in [2.45, 2.75) is 6.04 Å². The first-order valence-electron chi connectivity index (χ1n) is 7.34. The Labute approximate surface area is 144 Å². The van der Waals surface area contributed by atoms with Crippen LogP contribution in [0.15, 0.2) is 55.1 Å². The second-order valence-corrected chi connectivity index (χ2v) is 5.67. The summed E-state index contributed by atoms with van der Waals surface area (Å²) in [6.07, 6.45) is 1.18. The van der Waals surface area contributed by atoms with Crippen LogP contribution in [0.1, 0.15) is 22.0 Å². The SMILES string of the molecule is C=CC(=O)Nc1ccc(C(=O)NC2COc3c(Cl)cccc32)cc1. The van der Waals surface area contributed by atoms with Gasteiger partial charge in [-0.15, -0.1) is 0 Å². The number of halogens is 1. The Hall–Kier alpha value is -2.79. The molecule has 1 aliphatic rings. The molecular formula is C18H15ClN2O3. The molecule has 2 aromatic carbocycles. The lowest BCUT2D eigenvalue weighted by molar-refractivity contribution is -0.111. The van der Waals surface area contributed by atoms with E-state index in [4.69, 9.17) is 16.3 Å². The van der Waals surface area contributed by atoms with Crippen molar-refractivity contribution in [3.05, 3.63) is 71.3 Å². The highest BCUT2D eigenvalue weighted by Crippen LogP contribution is 2.38. The van der Waals surface area contributed by atoms with Gasteiger partial charge in [0.05, 0.1) is 11.1 Å². The molecule has 1 unspecified atom stereocenters. The number of carbonyl (C=O) groups excluding carboxylic acids is 2. The number of nitrogens with one attached hydrogen (secondary N) is 2. The average molecular weight is 343 g/mol. The van der Waals surface area contributed by atoms with E-state index >= 15 is 0 Å². The van der Waals surface area contributed by atoms with Crippen LogP contribution in [0.4, 0.5) is 5.69 Å². The third-order valence-corrected chi connectivity index (χ3v) is 3.97. The molecule has 0 fully saturated rings. The van der Waals surface area contributed by atoms with Crippen molar-refractivity contribution in [1.82, 2.24) is 5.32 Å². The van der Waals surface area contributed by atoms with E-state index in [-0.39, 0.29) is 17.9 Å². The largest absolute Gasteiger partial charge is 0.489 e. The molecule has 0 radical (unpaired) electrons. The van der Waals surface area contributed by atoms with Gasteiger partial charge < -0.3 is 15.4 Å². The van der Waals surface area contributed by atoms with E-state index in [2.05, 4.69) is 17.2 Å². The monoisotopic (exact) mass is 342 g/mol. The van der Waals surface area contributed by atoms with Crippen molar-refractivity contribution in [3.63, 3.8) is 0 Å². The first-order valence-corrected chi connectivity index (χ1v) is 7.72. The van der Waals surface area contributed by atoms with Crippen LogP contribution < -0.4 is 15.4 Å². The molecule has 2 N–H and O–H groups in total. The van der Waals surface area contributed by atoms with Crippen LogP contribution in [-0.4, -0.2) is 18.4 Å². The number of hydrogen-bond acceptors (Lipinski definition) is 3. The minimum atomic E-state index is -0.302. The Morgan fingerprint density at radius 3 is 2.67 bits per heavy atom. The Bertz CT molecular complexity index is 802. The summed E-state index contributed by atoms with van der Waals surface area (Å²) in [4.78, 5) is 23.6. The topological polar surface area (TPSA) is 67.4 Å². The van der Waals surface area contributed by atoms with Crippen LogP contribution >= 0.6 is 11.6 Å². The van der Waals surface area contributed by atoms with E-state index in [1.54, 1.807) is 30.3 Å². The molecular weight excluding hydrogens is 328 g/mol. The number of ether oxygens (including phenoxy) is 1. The number of carbonyl (C=O) groups is 2. The van der Waals surface area contributed by atoms with E-state index in [0.29, 0.717) is 28.6 Å². The summed E-state index contributed by atoms with van der Waals surface area (Å²) in [5.74, 6) is 0.0915. The molecule has 3 rings (SSSR count). The van der Waals surface area contributed by atoms with E-state index in [1.807, 2.05) is 12.1 Å². The molecule has 24 heavy (non-hydrogen) atoms. The van der Waals surface area contributed by atoms with Gasteiger partial charge in [0, 0.05) is 16.8 Å². The molecule has 6 heteroatoms. The summed E-state index contributed by atoms with van der Waals surface area (Å²) in [6.45, 7) is 3.73. The molecule has 0 saturated carbocycles. The number of hydrogen-bond donors (Lipinski definition) is 2. The second-order valence-electron chi connectivity index (χ2n) is 5.27. The summed E-state index contributed by atoms with van der Waals surface area (Å²) in [6, 6.07) is 11.8. The molecule has 0 aromatic heterocycles. The van der Waals surface area contributed by atoms with Crippen molar-refractivity contribution in [2.24, 2.45) is 0 Å². The van der Waals surface area contributed by atoms with Crippen molar-refractivity contribution in [3.8, 4) is 5.75 Å². The van der Waals surface area contributed by atoms with Crippen LogP contribution in [0, 0.1) is 0 Å². The summed E-state index contributed by atoms with van der Waals surface area (Å²) in [5.41, 5.74) is 1.95. The third-order valence-electron chi connectivity index (χ3n) is 3.67. The molecule has 5 nitrogen and oxygen atoms in total. The highest BCUT2D eigenvalue weighted by atomic mass is 35.5. The maximum absolute atomic E-state index is 12.4. The van der Waals surface area contributed by atoms with E-state index < -0.39 is 0 Å². The lowest BCUT2D eigenvalue weighted by Crippen LogP contribution is -2.29. The van der Waals surface area contributed by atoms with Gasteiger partial charge in [-0.05, 0) is 36.4 Å². The molecule has 1 aliphatic heterocycles. The van der Waals surface area contributed by atoms with E-state index in [1.165, 1.54) is 6.08 Å². The number of amides is 2. The molecule has 0 bridgehead atoms. The summed E-state index contributed by atoms with van der Waals surface area (Å²) >= 11 is 6.08. The van der Waals surface area contributed by atoms with E-state index in [0.717, 1.165) is 5.56 Å². The van der Waals surface area contributed by atoms with Crippen LogP contribution in [0.2, 0.25) is 5.02 Å². The summed E-state index contributed by atoms with van der Waals surface area (Å²) in [5, 5.41) is 6.08. The van der Waals surface area contributed by atoms with Crippen LogP contribution in [-0.2, 0) is 4.79 Å². The van der Waals surface area contributed by atoms with Gasteiger partial charge in [-0.2, -0.15) is 0 Å². The molecule has 0 saturated heterocycles. The minimum absolute atomic E-state index is 0.224. The number of para-hydroxylation sites is 1. The number of benzene rings is 2. The molecule has 1 atom stereocenters. The first-order chi connectivity index (χ1) is 11.6. The van der Waals surface area contributed by atoms with Gasteiger partial charge in [-0.3, -0.25) is 9.59 Å². The van der Waals surface area contributed by atoms with Crippen LogP contribution in [0.3, 0.4) is 0 Å². The van der Waals surface area contributed by atoms with Gasteiger partial charge in [-0.1, -0.05) is 30.3 Å². The fourth-order valence-electron chi connectivity index (χ4n) is 2.47. The standard InChI is InChI=1S/C18H15ClN2O3/c1-2-16(22)20-12-8-6-11(7-9-12)18(23)21-15-10-24-17-13(15)4-3-5-14(17)19/h2-9,15H,1,10H2,(H,20,22)(H,21,23). The van der Waals surface area contributed by atoms with Gasteiger partial charge in [0.1, 0.15) is 12.4 Å². The zero-order valence-electron chi connectivity index (χ0n) is 12.7. The molecule has 2 aromatic rings. The Morgan fingerprint density at radius 2 is 1.96 bits per heavy atom. The molecule has 0 aliphatic carbocycles. The van der Waals surface area contributed by atoms with Crippen molar-refractivity contribution in [1.29, 1.82) is 0 Å². The molecule has 122 valence electrons. The predicted octanol–water partition coefficient (Wildman–Crippen LogP) is 3.33. The maximum atomic E-state index is 12.4. The van der Waals surface area contributed by atoms with Crippen molar-refractivity contribution in [2.75, 3.05) is 11.9 Å². The van der Waals surface area contributed by atoms with Gasteiger partial charge in [0.15, 0.2) is 0 Å². The van der Waals surface area contributed by atoms with Gasteiger partial charge in [0.25, 0.3) is 5.91 Å². The molecule has 0 spiro atoms. The zero-order chi connectivity index (χ0) is 17.1. The quantitative estimate of drug-likeness (QED) is 0.837. The number of rotatable bonds is 4. The van der Waals surface area contributed by atoms with Gasteiger partial charge in [0.2, 0.25) is 5.91 Å².